The third-order valence-electron chi connectivity index (χ3n) is 3.86. The molecule has 1 N–H and O–H groups in total. The van der Waals surface area contributed by atoms with Gasteiger partial charge in [-0.05, 0) is 24.1 Å². The van der Waals surface area contributed by atoms with Gasteiger partial charge in [0, 0.05) is 5.02 Å². The zero-order valence-electron chi connectivity index (χ0n) is 14.2. The quantitative estimate of drug-likeness (QED) is 0.462. The van der Waals surface area contributed by atoms with E-state index in [0.29, 0.717) is 34.2 Å². The zero-order valence-corrected chi connectivity index (χ0v) is 15.7. The largest absolute Gasteiger partial charge is 0.480 e. The molecule has 1 aromatic carbocycles. The van der Waals surface area contributed by atoms with Gasteiger partial charge in [-0.25, -0.2) is 14.6 Å². The van der Waals surface area contributed by atoms with Crippen LogP contribution in [-0.4, -0.2) is 41.3 Å². The van der Waals surface area contributed by atoms with Crippen LogP contribution in [0.4, 0.5) is 0 Å². The van der Waals surface area contributed by atoms with Crippen LogP contribution in [0, 0.1) is 0 Å². The lowest BCUT2D eigenvalue weighted by Gasteiger charge is -2.10. The van der Waals surface area contributed by atoms with E-state index >= 15 is 0 Å². The van der Waals surface area contributed by atoms with Gasteiger partial charge in [-0.1, -0.05) is 60.5 Å². The summed E-state index contributed by atoms with van der Waals surface area (Å²) in [6.07, 6.45) is 3.80. The van der Waals surface area contributed by atoms with E-state index in [9.17, 15) is 9.90 Å². The lowest BCUT2D eigenvalue weighted by molar-refractivity contribution is -0.136. The van der Waals surface area contributed by atoms with Gasteiger partial charge in [0.1, 0.15) is 16.6 Å². The van der Waals surface area contributed by atoms with Gasteiger partial charge in [-0.15, -0.1) is 5.10 Å². The molecule has 0 amide bonds. The molecule has 3 rings (SSSR count). The number of benzene rings is 1. The molecule has 0 fully saturated rings. The van der Waals surface area contributed by atoms with Crippen molar-refractivity contribution in [1.29, 1.82) is 0 Å². The average Bonchev–Trinajstić information content (AvgIpc) is 3.04. The number of aromatic nitrogens is 5. The predicted molar refractivity (Wildman–Crippen MR) is 100 cm³/mol. The van der Waals surface area contributed by atoms with Crippen LogP contribution in [0.3, 0.4) is 0 Å². The van der Waals surface area contributed by atoms with E-state index in [-0.39, 0.29) is 0 Å². The molecule has 0 aliphatic rings. The Morgan fingerprint density at radius 2 is 2.08 bits per heavy atom. The molecule has 0 aliphatic carbocycles. The van der Waals surface area contributed by atoms with Crippen molar-refractivity contribution < 1.29 is 9.90 Å². The molecular weight excluding hydrogens is 374 g/mol. The molecule has 0 bridgehead atoms. The topological polar surface area (TPSA) is 93.8 Å². The summed E-state index contributed by atoms with van der Waals surface area (Å²) in [5, 5.41) is 18.4. The first kappa shape index (κ1) is 18.6. The molecule has 136 valence electrons. The van der Waals surface area contributed by atoms with E-state index in [0.717, 1.165) is 18.4 Å². The Morgan fingerprint density at radius 3 is 2.77 bits per heavy atom. The van der Waals surface area contributed by atoms with E-state index in [2.05, 4.69) is 20.3 Å². The third kappa shape index (κ3) is 4.31. The molecule has 0 unspecified atom stereocenters. The number of hydrogen-bond acceptors (Lipinski definition) is 6. The van der Waals surface area contributed by atoms with Crippen LogP contribution in [-0.2, 0) is 11.3 Å². The molecule has 0 radical (unpaired) electrons. The number of aliphatic carboxylic acids is 1. The van der Waals surface area contributed by atoms with Gasteiger partial charge >= 0.3 is 5.97 Å². The fraction of sp³-hybridized carbons (Fsp3) is 0.353. The number of nitrogens with zero attached hydrogens (tertiary/aromatic N) is 5. The first-order valence-electron chi connectivity index (χ1n) is 8.26. The van der Waals surface area contributed by atoms with Crippen molar-refractivity contribution in [3.63, 3.8) is 0 Å². The Kier molecular flexibility index (Phi) is 6.05. The summed E-state index contributed by atoms with van der Waals surface area (Å²) in [7, 11) is 0. The number of hydrogen-bond donors (Lipinski definition) is 1. The number of halogens is 1. The number of thioether (sulfide) groups is 1. The fourth-order valence-electron chi connectivity index (χ4n) is 2.48. The van der Waals surface area contributed by atoms with Gasteiger partial charge in [0.05, 0.1) is 6.54 Å². The second-order valence-electron chi connectivity index (χ2n) is 5.81. The lowest BCUT2D eigenvalue weighted by atomic mass is 10.2. The van der Waals surface area contributed by atoms with Crippen LogP contribution in [0.15, 0.2) is 35.6 Å². The van der Waals surface area contributed by atoms with Crippen LogP contribution >= 0.6 is 23.4 Å². The van der Waals surface area contributed by atoms with Gasteiger partial charge in [0.15, 0.2) is 11.2 Å². The van der Waals surface area contributed by atoms with Crippen LogP contribution in [0.25, 0.3) is 11.2 Å². The molecule has 3 aromatic rings. The summed E-state index contributed by atoms with van der Waals surface area (Å²) in [5.41, 5.74) is 2.12. The molecule has 2 aromatic heterocycles. The smallest absolute Gasteiger partial charge is 0.317 e. The summed E-state index contributed by atoms with van der Waals surface area (Å²) in [5.74, 6) is -0.844. The number of fused-ring (bicyclic) bond motifs is 1. The number of rotatable bonds is 8. The maximum Gasteiger partial charge on any atom is 0.317 e. The van der Waals surface area contributed by atoms with E-state index < -0.39 is 11.2 Å². The standard InChI is InChI=1S/C17H18ClN5O2S/c1-2-3-4-13(17(24)25)26-16-14-15(19-10-20-16)23(22-21-14)9-11-5-7-12(18)8-6-11/h5-8,10,13H,2-4,9H2,1H3,(H,24,25)/t13-/m1/s1. The SMILES string of the molecule is CCCC[C@@H](Sc1ncnc2c1nnn2Cc1ccc(Cl)cc1)C(=O)O. The molecule has 0 aliphatic heterocycles. The molecule has 26 heavy (non-hydrogen) atoms. The fourth-order valence-corrected chi connectivity index (χ4v) is 3.62. The Hall–Kier alpha value is -2.19. The highest BCUT2D eigenvalue weighted by Gasteiger charge is 2.22. The zero-order chi connectivity index (χ0) is 18.5. The Balaban J connectivity index is 1.85. The van der Waals surface area contributed by atoms with Gasteiger partial charge < -0.3 is 5.11 Å². The molecule has 7 nitrogen and oxygen atoms in total. The second kappa shape index (κ2) is 8.46. The van der Waals surface area contributed by atoms with Gasteiger partial charge in [-0.2, -0.15) is 0 Å². The second-order valence-corrected chi connectivity index (χ2v) is 7.44. The van der Waals surface area contributed by atoms with Crippen molar-refractivity contribution in [2.75, 3.05) is 0 Å². The van der Waals surface area contributed by atoms with Crippen molar-refractivity contribution in [1.82, 2.24) is 25.0 Å². The first-order valence-corrected chi connectivity index (χ1v) is 9.52. The van der Waals surface area contributed by atoms with Crippen LogP contribution in [0.1, 0.15) is 31.7 Å². The van der Waals surface area contributed by atoms with Crippen LogP contribution < -0.4 is 0 Å². The molecule has 0 saturated heterocycles. The highest BCUT2D eigenvalue weighted by Crippen LogP contribution is 2.29. The monoisotopic (exact) mass is 391 g/mol. The van der Waals surface area contributed by atoms with E-state index in [4.69, 9.17) is 11.6 Å². The van der Waals surface area contributed by atoms with Crippen molar-refractivity contribution in [3.05, 3.63) is 41.2 Å². The summed E-state index contributed by atoms with van der Waals surface area (Å²) < 4.78 is 1.67. The van der Waals surface area contributed by atoms with E-state index in [1.54, 1.807) is 4.68 Å². The Morgan fingerprint density at radius 1 is 1.31 bits per heavy atom. The number of carboxylic acids is 1. The summed E-state index contributed by atoms with van der Waals surface area (Å²) in [4.78, 5) is 20.0. The van der Waals surface area contributed by atoms with Crippen molar-refractivity contribution in [3.8, 4) is 0 Å². The third-order valence-corrected chi connectivity index (χ3v) is 5.36. The van der Waals surface area contributed by atoms with Crippen molar-refractivity contribution in [2.24, 2.45) is 0 Å². The molecule has 2 heterocycles. The molecular formula is C17H18ClN5O2S. The Bertz CT molecular complexity index is 900. The summed E-state index contributed by atoms with van der Waals surface area (Å²) in [6, 6.07) is 7.46. The van der Waals surface area contributed by atoms with Gasteiger partial charge in [0.2, 0.25) is 0 Å². The number of carbonyl (C=O) groups is 1. The lowest BCUT2D eigenvalue weighted by Crippen LogP contribution is -2.16. The highest BCUT2D eigenvalue weighted by molar-refractivity contribution is 8.00. The Labute approximate surface area is 159 Å². The molecule has 0 spiro atoms. The number of carboxylic acid groups (broad SMARTS) is 1. The highest BCUT2D eigenvalue weighted by atomic mass is 35.5. The van der Waals surface area contributed by atoms with Crippen LogP contribution in [0.2, 0.25) is 5.02 Å². The first-order chi connectivity index (χ1) is 12.6. The minimum absolute atomic E-state index is 0.493. The van der Waals surface area contributed by atoms with E-state index in [1.807, 2.05) is 31.2 Å². The average molecular weight is 392 g/mol. The summed E-state index contributed by atoms with van der Waals surface area (Å²) in [6.45, 7) is 2.53. The van der Waals surface area contributed by atoms with Crippen molar-refractivity contribution >= 4 is 40.5 Å². The van der Waals surface area contributed by atoms with Crippen molar-refractivity contribution in [2.45, 2.75) is 43.0 Å². The molecule has 1 atom stereocenters. The van der Waals surface area contributed by atoms with Crippen LogP contribution in [0.5, 0.6) is 0 Å². The minimum atomic E-state index is -0.844. The maximum absolute atomic E-state index is 11.5. The predicted octanol–water partition coefficient (Wildman–Crippen LogP) is 3.66. The maximum atomic E-state index is 11.5. The molecule has 9 heteroatoms. The normalized spacial score (nSPS) is 12.4. The molecule has 0 saturated carbocycles. The van der Waals surface area contributed by atoms with E-state index in [1.165, 1.54) is 18.1 Å². The summed E-state index contributed by atoms with van der Waals surface area (Å²) >= 11 is 7.12. The van der Waals surface area contributed by atoms with Gasteiger partial charge in [-0.3, -0.25) is 4.79 Å². The minimum Gasteiger partial charge on any atom is -0.480 e. The number of unbranched alkanes of at least 4 members (excludes halogenated alkanes) is 1. The van der Waals surface area contributed by atoms with Gasteiger partial charge in [0.25, 0.3) is 0 Å².